The summed E-state index contributed by atoms with van der Waals surface area (Å²) in [5.74, 6) is 1.35. The summed E-state index contributed by atoms with van der Waals surface area (Å²) in [6.45, 7) is 5.47. The molecule has 2 rings (SSSR count). The van der Waals surface area contributed by atoms with Crippen molar-refractivity contribution in [3.63, 3.8) is 0 Å². The molecule has 0 spiro atoms. The van der Waals surface area contributed by atoms with Crippen molar-refractivity contribution in [1.29, 1.82) is 0 Å². The Morgan fingerprint density at radius 1 is 1.17 bits per heavy atom. The molecule has 0 heterocycles. The third-order valence-electron chi connectivity index (χ3n) is 3.19. The van der Waals surface area contributed by atoms with E-state index in [4.69, 9.17) is 9.47 Å². The second-order valence-electron chi connectivity index (χ2n) is 5.41. The Bertz CT molecular complexity index is 720. The third kappa shape index (κ3) is 4.42. The SMILES string of the molecule is COc1cccc(C=Nc2cccc(C(C)=O)c2)c1OC(C)C. The van der Waals surface area contributed by atoms with Crippen LogP contribution in [-0.4, -0.2) is 25.2 Å². The summed E-state index contributed by atoms with van der Waals surface area (Å²) >= 11 is 0. The van der Waals surface area contributed by atoms with Gasteiger partial charge in [-0.2, -0.15) is 0 Å². The van der Waals surface area contributed by atoms with Gasteiger partial charge in [-0.3, -0.25) is 9.79 Å². The highest BCUT2D eigenvalue weighted by atomic mass is 16.5. The molecule has 23 heavy (non-hydrogen) atoms. The number of Topliss-reactive ketones (excluding diaryl/α,β-unsaturated/α-hetero) is 1. The van der Waals surface area contributed by atoms with Gasteiger partial charge in [-0.05, 0) is 45.0 Å². The predicted octanol–water partition coefficient (Wildman–Crippen LogP) is 4.44. The summed E-state index contributed by atoms with van der Waals surface area (Å²) in [6.07, 6.45) is 1.75. The van der Waals surface area contributed by atoms with Crippen LogP contribution in [0.1, 0.15) is 36.7 Å². The first-order chi connectivity index (χ1) is 11.0. The molecule has 0 aliphatic heterocycles. The predicted molar refractivity (Wildman–Crippen MR) is 92.5 cm³/mol. The lowest BCUT2D eigenvalue weighted by Gasteiger charge is -2.15. The number of ketones is 1. The molecule has 0 saturated heterocycles. The van der Waals surface area contributed by atoms with E-state index in [1.165, 1.54) is 0 Å². The lowest BCUT2D eigenvalue weighted by atomic mass is 10.1. The molecule has 0 atom stereocenters. The fourth-order valence-corrected chi connectivity index (χ4v) is 2.11. The smallest absolute Gasteiger partial charge is 0.170 e. The van der Waals surface area contributed by atoms with Crippen LogP contribution in [0.3, 0.4) is 0 Å². The highest BCUT2D eigenvalue weighted by molar-refractivity contribution is 5.95. The van der Waals surface area contributed by atoms with Crippen LogP contribution in [0.5, 0.6) is 11.5 Å². The average Bonchev–Trinajstić information content (AvgIpc) is 2.53. The van der Waals surface area contributed by atoms with E-state index in [-0.39, 0.29) is 11.9 Å². The number of methoxy groups -OCH3 is 1. The second kappa shape index (κ2) is 7.58. The Kier molecular flexibility index (Phi) is 5.52. The van der Waals surface area contributed by atoms with Crippen molar-refractivity contribution in [1.82, 2.24) is 0 Å². The first-order valence-electron chi connectivity index (χ1n) is 7.50. The van der Waals surface area contributed by atoms with Gasteiger partial charge in [0.15, 0.2) is 17.3 Å². The van der Waals surface area contributed by atoms with Gasteiger partial charge in [0.05, 0.1) is 18.9 Å². The number of carbonyl (C=O) groups excluding carboxylic acids is 1. The Morgan fingerprint density at radius 3 is 2.57 bits per heavy atom. The van der Waals surface area contributed by atoms with Crippen molar-refractivity contribution in [3.8, 4) is 11.5 Å². The molecular weight excluding hydrogens is 290 g/mol. The molecule has 2 aromatic carbocycles. The summed E-state index contributed by atoms with van der Waals surface area (Å²) in [6, 6.07) is 12.9. The van der Waals surface area contributed by atoms with Crippen LogP contribution in [0.25, 0.3) is 0 Å². The van der Waals surface area contributed by atoms with Crippen molar-refractivity contribution in [3.05, 3.63) is 53.6 Å². The minimum absolute atomic E-state index is 0.0206. The number of benzene rings is 2. The maximum Gasteiger partial charge on any atom is 0.170 e. The summed E-state index contributed by atoms with van der Waals surface area (Å²) in [5, 5.41) is 0. The van der Waals surface area contributed by atoms with Crippen molar-refractivity contribution in [2.45, 2.75) is 26.9 Å². The molecule has 0 N–H and O–H groups in total. The number of ether oxygens (including phenoxy) is 2. The zero-order valence-electron chi connectivity index (χ0n) is 13.9. The quantitative estimate of drug-likeness (QED) is 0.585. The van der Waals surface area contributed by atoms with Gasteiger partial charge in [0.2, 0.25) is 0 Å². The summed E-state index contributed by atoms with van der Waals surface area (Å²) < 4.78 is 11.2. The van der Waals surface area contributed by atoms with E-state index in [1.54, 1.807) is 32.4 Å². The number of hydrogen-bond acceptors (Lipinski definition) is 4. The van der Waals surface area contributed by atoms with Gasteiger partial charge in [-0.15, -0.1) is 0 Å². The normalized spacial score (nSPS) is 11.0. The van der Waals surface area contributed by atoms with Gasteiger partial charge in [-0.1, -0.05) is 18.2 Å². The molecule has 0 amide bonds. The molecule has 2 aromatic rings. The standard InChI is InChI=1S/C19H21NO3/c1-13(2)23-19-16(8-6-10-18(19)22-4)12-20-17-9-5-7-15(11-17)14(3)21/h5-13H,1-4H3. The van der Waals surface area contributed by atoms with Crippen LogP contribution in [0, 0.1) is 0 Å². The number of aliphatic imine (C=N–C) groups is 1. The van der Waals surface area contributed by atoms with Crippen molar-refractivity contribution < 1.29 is 14.3 Å². The fourth-order valence-electron chi connectivity index (χ4n) is 2.11. The van der Waals surface area contributed by atoms with Gasteiger partial charge in [-0.25, -0.2) is 0 Å². The van der Waals surface area contributed by atoms with Crippen LogP contribution in [0.2, 0.25) is 0 Å². The molecule has 0 radical (unpaired) electrons. The van der Waals surface area contributed by atoms with Crippen LogP contribution < -0.4 is 9.47 Å². The molecule has 120 valence electrons. The molecule has 0 fully saturated rings. The monoisotopic (exact) mass is 311 g/mol. The van der Waals surface area contributed by atoms with Gasteiger partial charge < -0.3 is 9.47 Å². The zero-order valence-corrected chi connectivity index (χ0v) is 13.9. The van der Waals surface area contributed by atoms with Crippen molar-refractivity contribution in [2.75, 3.05) is 7.11 Å². The summed E-state index contributed by atoms with van der Waals surface area (Å²) in [4.78, 5) is 15.9. The highest BCUT2D eigenvalue weighted by Crippen LogP contribution is 2.31. The van der Waals surface area contributed by atoms with Crippen LogP contribution in [0.15, 0.2) is 47.5 Å². The van der Waals surface area contributed by atoms with Gasteiger partial charge in [0.25, 0.3) is 0 Å². The Hall–Kier alpha value is -2.62. The van der Waals surface area contributed by atoms with E-state index in [0.29, 0.717) is 17.1 Å². The van der Waals surface area contributed by atoms with Crippen LogP contribution in [0.4, 0.5) is 5.69 Å². The summed E-state index contributed by atoms with van der Waals surface area (Å²) in [5.41, 5.74) is 2.19. The maximum atomic E-state index is 11.4. The van der Waals surface area contributed by atoms with Crippen molar-refractivity contribution in [2.24, 2.45) is 4.99 Å². The Morgan fingerprint density at radius 2 is 1.91 bits per heavy atom. The second-order valence-corrected chi connectivity index (χ2v) is 5.41. The minimum atomic E-state index is 0.0206. The molecule has 4 heteroatoms. The number of para-hydroxylation sites is 1. The number of hydrogen-bond donors (Lipinski definition) is 0. The Labute approximate surface area is 136 Å². The first-order valence-corrected chi connectivity index (χ1v) is 7.50. The van der Waals surface area contributed by atoms with Crippen LogP contribution >= 0.6 is 0 Å². The third-order valence-corrected chi connectivity index (χ3v) is 3.19. The molecule has 0 saturated carbocycles. The highest BCUT2D eigenvalue weighted by Gasteiger charge is 2.10. The molecule has 0 aliphatic rings. The van der Waals surface area contributed by atoms with E-state index in [0.717, 1.165) is 11.3 Å². The molecular formula is C19H21NO3. The first kappa shape index (κ1) is 16.7. The minimum Gasteiger partial charge on any atom is -0.493 e. The average molecular weight is 311 g/mol. The fraction of sp³-hybridized carbons (Fsp3) is 0.263. The van der Waals surface area contributed by atoms with Crippen molar-refractivity contribution >= 4 is 17.7 Å². The van der Waals surface area contributed by atoms with Gasteiger partial charge in [0, 0.05) is 17.3 Å². The molecule has 4 nitrogen and oxygen atoms in total. The van der Waals surface area contributed by atoms with E-state index in [1.807, 2.05) is 44.2 Å². The van der Waals surface area contributed by atoms with Gasteiger partial charge >= 0.3 is 0 Å². The topological polar surface area (TPSA) is 47.9 Å². The molecule has 0 bridgehead atoms. The number of carbonyl (C=O) groups is 1. The lowest BCUT2D eigenvalue weighted by Crippen LogP contribution is -2.08. The summed E-state index contributed by atoms with van der Waals surface area (Å²) in [7, 11) is 1.61. The number of rotatable bonds is 6. The van der Waals surface area contributed by atoms with E-state index in [2.05, 4.69) is 4.99 Å². The van der Waals surface area contributed by atoms with Gasteiger partial charge in [0.1, 0.15) is 0 Å². The molecule has 0 unspecified atom stereocenters. The largest absolute Gasteiger partial charge is 0.493 e. The Balaban J connectivity index is 2.35. The lowest BCUT2D eigenvalue weighted by molar-refractivity contribution is 0.101. The number of nitrogens with zero attached hydrogens (tertiary/aromatic N) is 1. The van der Waals surface area contributed by atoms with E-state index < -0.39 is 0 Å². The molecule has 0 aromatic heterocycles. The molecule has 0 aliphatic carbocycles. The maximum absolute atomic E-state index is 11.4. The van der Waals surface area contributed by atoms with Crippen LogP contribution in [-0.2, 0) is 0 Å². The van der Waals surface area contributed by atoms with E-state index in [9.17, 15) is 4.79 Å². The van der Waals surface area contributed by atoms with E-state index >= 15 is 0 Å². The zero-order chi connectivity index (χ0) is 16.8.